The van der Waals surface area contributed by atoms with Crippen molar-refractivity contribution in [1.29, 1.82) is 0 Å². The average Bonchev–Trinajstić information content (AvgIpc) is 2.98. The highest BCUT2D eigenvalue weighted by Crippen LogP contribution is 2.29. The van der Waals surface area contributed by atoms with E-state index in [0.29, 0.717) is 25.1 Å². The molecule has 0 spiro atoms. The van der Waals surface area contributed by atoms with Crippen LogP contribution >= 0.6 is 0 Å². The van der Waals surface area contributed by atoms with Crippen molar-refractivity contribution in [1.82, 2.24) is 5.32 Å². The number of benzene rings is 2. The maximum Gasteiger partial charge on any atom is 0.261 e. The van der Waals surface area contributed by atoms with Crippen LogP contribution in [-0.4, -0.2) is 23.7 Å². The van der Waals surface area contributed by atoms with Crippen LogP contribution in [0.2, 0.25) is 0 Å². The van der Waals surface area contributed by atoms with E-state index in [2.05, 4.69) is 5.32 Å². The summed E-state index contributed by atoms with van der Waals surface area (Å²) in [5.41, 5.74) is 2.67. The summed E-state index contributed by atoms with van der Waals surface area (Å²) in [6.45, 7) is 0.527. The third-order valence-electron chi connectivity index (χ3n) is 3.91. The second-order valence-electron chi connectivity index (χ2n) is 5.58. The van der Waals surface area contributed by atoms with Crippen molar-refractivity contribution < 1.29 is 19.0 Å². The van der Waals surface area contributed by atoms with E-state index in [4.69, 9.17) is 9.84 Å². The number of nitrogens with one attached hydrogen (secondary N) is 1. The van der Waals surface area contributed by atoms with Gasteiger partial charge < -0.3 is 15.2 Å². The van der Waals surface area contributed by atoms with E-state index in [-0.39, 0.29) is 18.3 Å². The fourth-order valence-corrected chi connectivity index (χ4v) is 2.62. The fraction of sp³-hybridized carbons (Fsp3) is 0.278. The Labute approximate surface area is 133 Å². The van der Waals surface area contributed by atoms with E-state index in [0.717, 1.165) is 16.7 Å². The minimum Gasteiger partial charge on any atom is -0.480 e. The number of rotatable bonds is 5. The first-order valence-corrected chi connectivity index (χ1v) is 7.57. The molecule has 1 amide bonds. The first-order chi connectivity index (χ1) is 11.2. The lowest BCUT2D eigenvalue weighted by Crippen LogP contribution is -2.38. The Morgan fingerprint density at radius 2 is 1.96 bits per heavy atom. The van der Waals surface area contributed by atoms with Crippen LogP contribution in [0.25, 0.3) is 0 Å². The van der Waals surface area contributed by atoms with Crippen molar-refractivity contribution >= 4 is 5.91 Å². The summed E-state index contributed by atoms with van der Waals surface area (Å²) < 4.78 is 18.7. The van der Waals surface area contributed by atoms with Crippen LogP contribution in [0.3, 0.4) is 0 Å². The smallest absolute Gasteiger partial charge is 0.261 e. The van der Waals surface area contributed by atoms with Crippen LogP contribution in [0.4, 0.5) is 4.39 Å². The molecule has 1 aliphatic rings. The van der Waals surface area contributed by atoms with Gasteiger partial charge in [-0.2, -0.15) is 0 Å². The number of ether oxygens (including phenoxy) is 1. The van der Waals surface area contributed by atoms with E-state index in [1.807, 2.05) is 24.3 Å². The molecule has 1 aliphatic heterocycles. The van der Waals surface area contributed by atoms with Gasteiger partial charge in [0.15, 0.2) is 6.10 Å². The molecule has 0 saturated heterocycles. The number of carbonyl (C=O) groups is 1. The van der Waals surface area contributed by atoms with Gasteiger partial charge in [0.1, 0.15) is 11.6 Å². The van der Waals surface area contributed by atoms with E-state index in [9.17, 15) is 9.18 Å². The Hall–Kier alpha value is -2.40. The molecule has 0 bridgehead atoms. The van der Waals surface area contributed by atoms with Crippen molar-refractivity contribution in [3.8, 4) is 5.75 Å². The number of carbonyl (C=O) groups excluding carboxylic acids is 1. The van der Waals surface area contributed by atoms with Crippen LogP contribution in [0.15, 0.2) is 42.5 Å². The summed E-state index contributed by atoms with van der Waals surface area (Å²) in [5, 5.41) is 11.8. The molecular weight excluding hydrogens is 297 g/mol. The molecule has 23 heavy (non-hydrogen) atoms. The minimum absolute atomic E-state index is 0.0250. The quantitative estimate of drug-likeness (QED) is 0.887. The highest BCUT2D eigenvalue weighted by atomic mass is 19.1. The van der Waals surface area contributed by atoms with Crippen molar-refractivity contribution in [2.75, 3.05) is 6.54 Å². The molecule has 2 aromatic rings. The molecule has 2 aromatic carbocycles. The predicted molar refractivity (Wildman–Crippen MR) is 83.6 cm³/mol. The lowest BCUT2D eigenvalue weighted by molar-refractivity contribution is -0.127. The molecule has 4 nitrogen and oxygen atoms in total. The first kappa shape index (κ1) is 15.5. The van der Waals surface area contributed by atoms with Crippen LogP contribution in [0.1, 0.15) is 16.7 Å². The highest BCUT2D eigenvalue weighted by molar-refractivity contribution is 5.82. The molecule has 120 valence electrons. The van der Waals surface area contributed by atoms with E-state index >= 15 is 0 Å². The summed E-state index contributed by atoms with van der Waals surface area (Å²) >= 11 is 0. The zero-order chi connectivity index (χ0) is 16.2. The number of aliphatic hydroxyl groups excluding tert-OH is 1. The van der Waals surface area contributed by atoms with Crippen LogP contribution in [0.5, 0.6) is 5.75 Å². The van der Waals surface area contributed by atoms with Gasteiger partial charge in [0.05, 0.1) is 6.61 Å². The van der Waals surface area contributed by atoms with Gasteiger partial charge in [-0.1, -0.05) is 24.3 Å². The average molecular weight is 315 g/mol. The van der Waals surface area contributed by atoms with Crippen molar-refractivity contribution in [3.63, 3.8) is 0 Å². The van der Waals surface area contributed by atoms with Gasteiger partial charge >= 0.3 is 0 Å². The van der Waals surface area contributed by atoms with E-state index in [1.165, 1.54) is 12.1 Å². The molecule has 2 N–H and O–H groups in total. The number of hydrogen-bond acceptors (Lipinski definition) is 3. The van der Waals surface area contributed by atoms with Crippen LogP contribution < -0.4 is 10.1 Å². The zero-order valence-corrected chi connectivity index (χ0v) is 12.6. The standard InChI is InChI=1S/C18H18FNO3/c19-15-5-6-16-14(9-15)10-17(23-16)18(22)20-8-7-12-1-3-13(11-21)4-2-12/h1-6,9,17,21H,7-8,10-11H2,(H,20,22). The molecule has 3 rings (SSSR count). The zero-order valence-electron chi connectivity index (χ0n) is 12.6. The van der Waals surface area contributed by atoms with Crippen LogP contribution in [0, 0.1) is 5.82 Å². The van der Waals surface area contributed by atoms with Crippen molar-refractivity contribution in [3.05, 3.63) is 65.0 Å². The third kappa shape index (κ3) is 3.68. The fourth-order valence-electron chi connectivity index (χ4n) is 2.62. The lowest BCUT2D eigenvalue weighted by Gasteiger charge is -2.11. The van der Waals surface area contributed by atoms with Crippen molar-refractivity contribution in [2.24, 2.45) is 0 Å². The summed E-state index contributed by atoms with van der Waals surface area (Å²) in [6.07, 6.45) is 0.499. The van der Waals surface area contributed by atoms with Gasteiger partial charge in [0.25, 0.3) is 5.91 Å². The second-order valence-corrected chi connectivity index (χ2v) is 5.58. The number of fused-ring (bicyclic) bond motifs is 1. The number of halogens is 1. The van der Waals surface area contributed by atoms with Gasteiger partial charge in [-0.3, -0.25) is 4.79 Å². The summed E-state index contributed by atoms with van der Waals surface area (Å²) in [7, 11) is 0. The Kier molecular flexibility index (Phi) is 4.57. The molecule has 1 atom stereocenters. The molecule has 5 heteroatoms. The van der Waals surface area contributed by atoms with Gasteiger partial charge in [-0.15, -0.1) is 0 Å². The highest BCUT2D eigenvalue weighted by Gasteiger charge is 2.29. The maximum atomic E-state index is 13.2. The SMILES string of the molecule is O=C(NCCc1ccc(CO)cc1)C1Cc2cc(F)ccc2O1. The number of aliphatic hydroxyl groups is 1. The van der Waals surface area contributed by atoms with E-state index in [1.54, 1.807) is 6.07 Å². The third-order valence-corrected chi connectivity index (χ3v) is 3.91. The molecule has 1 heterocycles. The largest absolute Gasteiger partial charge is 0.480 e. The first-order valence-electron chi connectivity index (χ1n) is 7.57. The lowest BCUT2D eigenvalue weighted by atomic mass is 10.1. The number of hydrogen-bond donors (Lipinski definition) is 2. The molecule has 0 aliphatic carbocycles. The normalized spacial score (nSPS) is 15.8. The predicted octanol–water partition coefficient (Wildman–Crippen LogP) is 1.98. The molecule has 0 fully saturated rings. The monoisotopic (exact) mass is 315 g/mol. The topological polar surface area (TPSA) is 58.6 Å². The molecule has 0 aromatic heterocycles. The van der Waals surface area contributed by atoms with Gasteiger partial charge in [0.2, 0.25) is 0 Å². The minimum atomic E-state index is -0.594. The molecule has 1 unspecified atom stereocenters. The molecule has 0 radical (unpaired) electrons. The van der Waals surface area contributed by atoms with Gasteiger partial charge in [0, 0.05) is 18.5 Å². The Morgan fingerprint density at radius 3 is 2.70 bits per heavy atom. The maximum absolute atomic E-state index is 13.2. The number of amides is 1. The van der Waals surface area contributed by atoms with Crippen LogP contribution in [-0.2, 0) is 24.2 Å². The Morgan fingerprint density at radius 1 is 1.22 bits per heavy atom. The summed E-state index contributed by atoms with van der Waals surface area (Å²) in [4.78, 5) is 12.1. The van der Waals surface area contributed by atoms with Gasteiger partial charge in [-0.25, -0.2) is 4.39 Å². The molecular formula is C18H18FNO3. The van der Waals surface area contributed by atoms with E-state index < -0.39 is 6.10 Å². The Bertz CT molecular complexity index is 700. The Balaban J connectivity index is 1.48. The second kappa shape index (κ2) is 6.79. The van der Waals surface area contributed by atoms with Gasteiger partial charge in [-0.05, 0) is 35.7 Å². The summed E-state index contributed by atoms with van der Waals surface area (Å²) in [6, 6.07) is 11.9. The summed E-state index contributed by atoms with van der Waals surface area (Å²) in [5.74, 6) is 0.0689. The van der Waals surface area contributed by atoms with Crippen molar-refractivity contribution in [2.45, 2.75) is 25.6 Å². The molecule has 0 saturated carbocycles.